The summed E-state index contributed by atoms with van der Waals surface area (Å²) in [7, 11) is 0. The van der Waals surface area contributed by atoms with E-state index in [9.17, 15) is 0 Å². The second-order valence-electron chi connectivity index (χ2n) is 2.68. The Labute approximate surface area is 87.8 Å². The van der Waals surface area contributed by atoms with Gasteiger partial charge in [-0.1, -0.05) is 0 Å². The van der Waals surface area contributed by atoms with Crippen molar-refractivity contribution >= 4 is 53.9 Å². The molecule has 0 aromatic carbocycles. The molecular weight excluding hydrogens is 194 g/mol. The molecule has 0 aliphatic carbocycles. The first kappa shape index (κ1) is 9.94. The van der Waals surface area contributed by atoms with Gasteiger partial charge in [-0.15, -0.1) is 0 Å². The van der Waals surface area contributed by atoms with E-state index in [1.807, 2.05) is 0 Å². The van der Waals surface area contributed by atoms with Crippen molar-refractivity contribution in [1.29, 1.82) is 0 Å². The van der Waals surface area contributed by atoms with Crippen molar-refractivity contribution in [1.82, 2.24) is 0 Å². The number of aliphatic hydroxyl groups excluding tert-OH is 1. The molecule has 0 saturated heterocycles. The van der Waals surface area contributed by atoms with E-state index < -0.39 is -0.259 Å². The Kier molecular flexibility index (Phi) is 5.85. The quantitative estimate of drug-likeness (QED) is 0.649. The SMILES string of the molecule is C[Si](C)([Rb])OCCO. The standard InChI is InChI=1S/C4H11O2Si.Rb/c1-7(2)6-4-3-5;/h5H,3-4H2,1-2H3;. The van der Waals surface area contributed by atoms with Gasteiger partial charge in [-0.05, 0) is 0 Å². The molecule has 1 N–H and O–H groups in total. The zero-order valence-corrected chi connectivity index (χ0v) is 11.7. The molecule has 0 amide bonds. The summed E-state index contributed by atoms with van der Waals surface area (Å²) in [6.07, 6.45) is 0. The van der Waals surface area contributed by atoms with Gasteiger partial charge in [-0.2, -0.15) is 0 Å². The Balaban J connectivity index is 3.11. The molecule has 4 heteroatoms. The maximum absolute atomic E-state index is 8.35. The predicted molar refractivity (Wildman–Crippen MR) is 36.3 cm³/mol. The van der Waals surface area contributed by atoms with E-state index in [4.69, 9.17) is 9.53 Å². The van der Waals surface area contributed by atoms with Crippen molar-refractivity contribution in [2.24, 2.45) is 0 Å². The number of hydrogen-bond donors (Lipinski definition) is 1. The minimum atomic E-state index is -1.13. The monoisotopic (exact) mass is 204 g/mol. The molecule has 0 aliphatic rings. The van der Waals surface area contributed by atoms with Crippen LogP contribution >= 0.6 is 0 Å². The van der Waals surface area contributed by atoms with Gasteiger partial charge in [0.2, 0.25) is 0 Å². The first-order valence-corrected chi connectivity index (χ1v) is 13.6. The van der Waals surface area contributed by atoms with Crippen molar-refractivity contribution in [3.63, 3.8) is 0 Å². The van der Waals surface area contributed by atoms with Gasteiger partial charge in [0.15, 0.2) is 0 Å². The van der Waals surface area contributed by atoms with Crippen molar-refractivity contribution < 1.29 is 9.53 Å². The van der Waals surface area contributed by atoms with Crippen molar-refractivity contribution in [2.75, 3.05) is 13.2 Å². The Morgan fingerprint density at radius 2 is 2.12 bits per heavy atom. The normalized spacial score (nSPS) is 12.1. The molecule has 0 aromatic rings. The van der Waals surface area contributed by atoms with E-state index in [-0.39, 0.29) is 6.61 Å². The number of hydrogen-bond acceptors (Lipinski definition) is 2. The van der Waals surface area contributed by atoms with Crippen LogP contribution in [0.5, 0.6) is 0 Å². The summed E-state index contributed by atoms with van der Waals surface area (Å²) in [5.41, 5.74) is 0. The molecule has 44 valence electrons. The molecule has 0 saturated carbocycles. The number of aliphatic hydroxyl groups is 1. The average Bonchev–Trinajstić information content (AvgIpc) is 1.59. The molecule has 0 aromatic heterocycles. The third-order valence-electron chi connectivity index (χ3n) is 0.626. The average molecular weight is 205 g/mol. The van der Waals surface area contributed by atoms with E-state index in [1.165, 1.54) is 0 Å². The fourth-order valence-electron chi connectivity index (χ4n) is 0.352. The maximum atomic E-state index is 8.35. The second kappa shape index (κ2) is 4.71. The van der Waals surface area contributed by atoms with Crippen LogP contribution in [0.25, 0.3) is 0 Å². The summed E-state index contributed by atoms with van der Waals surface area (Å²) in [6.45, 7) is 5.11. The fourth-order valence-corrected chi connectivity index (χ4v) is 2.56. The van der Waals surface area contributed by atoms with Crippen LogP contribution in [0.3, 0.4) is 0 Å². The molecule has 0 unspecified atom stereocenters. The zero-order chi connectivity index (χ0) is 6.62. The van der Waals surface area contributed by atoms with Crippen LogP contribution in [0.2, 0.25) is 13.1 Å². The molecule has 0 spiro atoms. The molecule has 0 atom stereocenters. The van der Waals surface area contributed by atoms with Gasteiger partial charge in [0.1, 0.15) is 0 Å². The molecule has 0 fully saturated rings. The van der Waals surface area contributed by atoms with E-state index in [1.54, 1.807) is 0 Å². The van der Waals surface area contributed by atoms with Crippen LogP contribution in [0, 0.1) is 0 Å². The fraction of sp³-hybridized carbons (Fsp3) is 1.00. The van der Waals surface area contributed by atoms with E-state index in [0.29, 0.717) is 60.8 Å². The number of rotatable bonds is 3. The Bertz CT molecular complexity index is 61.5. The third-order valence-corrected chi connectivity index (χ3v) is 3.83. The molecule has 0 radical (unpaired) electrons. The third kappa shape index (κ3) is 7.94. The second-order valence-corrected chi connectivity index (χ2v) is 25.0. The van der Waals surface area contributed by atoms with Crippen LogP contribution in [-0.2, 0) is 4.43 Å². The molecular formula is C4H11O2RbSi. The Morgan fingerprint density at radius 3 is 2.25 bits per heavy atom. The van der Waals surface area contributed by atoms with Crippen molar-refractivity contribution in [2.45, 2.75) is 13.1 Å². The van der Waals surface area contributed by atoms with E-state index in [0.717, 1.165) is 0 Å². The molecule has 2 nitrogen and oxygen atoms in total. The van der Waals surface area contributed by atoms with E-state index in [2.05, 4.69) is 13.1 Å². The topological polar surface area (TPSA) is 29.5 Å². The summed E-state index contributed by atoms with van der Waals surface area (Å²) < 4.78 is 4.23. The summed E-state index contributed by atoms with van der Waals surface area (Å²) in [4.78, 5) is 0. The molecule has 0 heterocycles. The van der Waals surface area contributed by atoms with E-state index >= 15 is 0 Å². The van der Waals surface area contributed by atoms with Gasteiger partial charge in [-0.25, -0.2) is 0 Å². The molecule has 0 aliphatic heterocycles. The van der Waals surface area contributed by atoms with Gasteiger partial charge in [0, 0.05) is 0 Å². The summed E-state index contributed by atoms with van der Waals surface area (Å²) in [6, 6.07) is 0. The molecule has 8 heavy (non-hydrogen) atoms. The summed E-state index contributed by atoms with van der Waals surface area (Å²) in [5.74, 6) is 0. The van der Waals surface area contributed by atoms with Gasteiger partial charge in [0.25, 0.3) is 0 Å². The van der Waals surface area contributed by atoms with Crippen LogP contribution in [0.1, 0.15) is 0 Å². The van der Waals surface area contributed by atoms with Crippen molar-refractivity contribution in [3.8, 4) is 0 Å². The van der Waals surface area contributed by atoms with Crippen LogP contribution < -0.4 is 0 Å². The molecule has 0 rings (SSSR count). The van der Waals surface area contributed by atoms with Crippen LogP contribution in [0.15, 0.2) is 0 Å². The van der Waals surface area contributed by atoms with Gasteiger partial charge < -0.3 is 0 Å². The zero-order valence-electron chi connectivity index (χ0n) is 5.77. The van der Waals surface area contributed by atoms with Gasteiger partial charge in [-0.3, -0.25) is 0 Å². The predicted octanol–water partition coefficient (Wildman–Crippen LogP) is -0.134. The first-order valence-electron chi connectivity index (χ1n) is 2.81. The minimum absolute atomic E-state index is 0.177. The van der Waals surface area contributed by atoms with Crippen LogP contribution in [0.4, 0.5) is 0 Å². The summed E-state index contributed by atoms with van der Waals surface area (Å²) in [5, 5.41) is 8.35. The molecule has 0 bridgehead atoms. The Hall–Kier alpha value is 1.94. The van der Waals surface area contributed by atoms with Gasteiger partial charge in [0.05, 0.1) is 0 Å². The van der Waals surface area contributed by atoms with Crippen molar-refractivity contribution in [3.05, 3.63) is 0 Å². The van der Waals surface area contributed by atoms with Crippen LogP contribution in [-0.4, -0.2) is 72.2 Å². The first-order chi connectivity index (χ1) is 3.56. The van der Waals surface area contributed by atoms with Gasteiger partial charge >= 0.3 is 89.7 Å². The summed E-state index contributed by atoms with van der Waals surface area (Å²) >= 11 is 0.660. The Morgan fingerprint density at radius 1 is 1.62 bits per heavy atom.